The number of hydrogen-bond donors (Lipinski definition) is 0. The van der Waals surface area contributed by atoms with E-state index >= 15 is 0 Å². The molecule has 2 aromatic carbocycles. The Bertz CT molecular complexity index is 1280. The van der Waals surface area contributed by atoms with Crippen LogP contribution in [0, 0.1) is 6.92 Å². The molecule has 8 heteroatoms. The Kier molecular flexibility index (Phi) is 5.66. The van der Waals surface area contributed by atoms with E-state index in [1.165, 1.54) is 11.8 Å². The van der Waals surface area contributed by atoms with Gasteiger partial charge in [0.25, 0.3) is 5.56 Å². The predicted molar refractivity (Wildman–Crippen MR) is 120 cm³/mol. The first-order valence-corrected chi connectivity index (χ1v) is 10.9. The van der Waals surface area contributed by atoms with E-state index < -0.39 is 0 Å². The molecule has 1 unspecified atom stereocenters. The van der Waals surface area contributed by atoms with Crippen molar-refractivity contribution in [2.24, 2.45) is 0 Å². The van der Waals surface area contributed by atoms with Crippen molar-refractivity contribution in [2.45, 2.75) is 44.0 Å². The summed E-state index contributed by atoms with van der Waals surface area (Å²) in [6.07, 6.45) is 0. The summed E-state index contributed by atoms with van der Waals surface area (Å²) in [6, 6.07) is 12.8. The molecule has 0 saturated heterocycles. The predicted octanol–water partition coefficient (Wildman–Crippen LogP) is 5.71. The molecule has 0 spiro atoms. The lowest BCUT2D eigenvalue weighted by Crippen LogP contribution is -2.22. The quantitative estimate of drug-likeness (QED) is 0.292. The molecule has 0 bridgehead atoms. The molecule has 0 N–H and O–H groups in total. The molecule has 2 aromatic heterocycles. The molecule has 4 rings (SSSR count). The SMILES string of the molecule is Cc1c(Cl)cccc1-n1c(SC(C)c2nc(C(C)C)no2)nc2ccccc2c1=O. The smallest absolute Gasteiger partial charge is 0.266 e. The number of nitrogens with zero attached hydrogens (tertiary/aromatic N) is 4. The minimum atomic E-state index is -0.191. The minimum absolute atomic E-state index is 0.144. The first kappa shape index (κ1) is 20.6. The van der Waals surface area contributed by atoms with Crippen LogP contribution in [0.4, 0.5) is 0 Å². The standard InChI is InChI=1S/C22H21ClN4O2S/c1-12(2)19-25-20(29-26-19)14(4)30-22-24-17-10-6-5-8-15(17)21(28)27(22)18-11-7-9-16(23)13(18)3/h5-12,14H,1-4H3. The maximum atomic E-state index is 13.4. The third kappa shape index (κ3) is 3.75. The normalized spacial score (nSPS) is 12.6. The van der Waals surface area contributed by atoms with Crippen LogP contribution in [0.25, 0.3) is 16.6 Å². The van der Waals surface area contributed by atoms with E-state index in [9.17, 15) is 4.79 Å². The van der Waals surface area contributed by atoms with Crippen molar-refractivity contribution >= 4 is 34.3 Å². The molecular weight excluding hydrogens is 420 g/mol. The molecule has 4 aromatic rings. The number of benzene rings is 2. The van der Waals surface area contributed by atoms with Gasteiger partial charge in [-0.05, 0) is 43.7 Å². The number of aromatic nitrogens is 4. The Morgan fingerprint density at radius 3 is 2.57 bits per heavy atom. The molecular formula is C22H21ClN4O2S. The van der Waals surface area contributed by atoms with E-state index in [2.05, 4.69) is 10.1 Å². The third-order valence-corrected chi connectivity index (χ3v) is 6.28. The molecule has 0 aliphatic heterocycles. The fourth-order valence-corrected chi connectivity index (χ4v) is 4.22. The van der Waals surface area contributed by atoms with Crippen molar-refractivity contribution in [3.8, 4) is 5.69 Å². The van der Waals surface area contributed by atoms with Crippen LogP contribution in [0.5, 0.6) is 0 Å². The van der Waals surface area contributed by atoms with Crippen molar-refractivity contribution in [2.75, 3.05) is 0 Å². The lowest BCUT2D eigenvalue weighted by molar-refractivity contribution is 0.373. The number of hydrogen-bond acceptors (Lipinski definition) is 6. The van der Waals surface area contributed by atoms with Gasteiger partial charge >= 0.3 is 0 Å². The molecule has 0 aliphatic carbocycles. The fraction of sp³-hybridized carbons (Fsp3) is 0.273. The van der Waals surface area contributed by atoms with Gasteiger partial charge in [-0.1, -0.05) is 60.6 Å². The molecule has 154 valence electrons. The minimum Gasteiger partial charge on any atom is -0.338 e. The van der Waals surface area contributed by atoms with Crippen LogP contribution < -0.4 is 5.56 Å². The first-order valence-electron chi connectivity index (χ1n) is 9.64. The topological polar surface area (TPSA) is 73.8 Å². The van der Waals surface area contributed by atoms with Crippen LogP contribution in [0.2, 0.25) is 5.02 Å². The number of halogens is 1. The molecule has 2 heterocycles. The van der Waals surface area contributed by atoms with Gasteiger partial charge in [-0.3, -0.25) is 9.36 Å². The number of rotatable bonds is 5. The maximum Gasteiger partial charge on any atom is 0.266 e. The van der Waals surface area contributed by atoms with Crippen LogP contribution in [-0.2, 0) is 0 Å². The zero-order chi connectivity index (χ0) is 21.4. The van der Waals surface area contributed by atoms with Gasteiger partial charge < -0.3 is 4.52 Å². The second-order valence-electron chi connectivity index (χ2n) is 7.34. The van der Waals surface area contributed by atoms with E-state index in [0.29, 0.717) is 38.5 Å². The first-order chi connectivity index (χ1) is 14.4. The highest BCUT2D eigenvalue weighted by atomic mass is 35.5. The second kappa shape index (κ2) is 8.24. The van der Waals surface area contributed by atoms with Gasteiger partial charge in [0.1, 0.15) is 0 Å². The maximum absolute atomic E-state index is 13.4. The summed E-state index contributed by atoms with van der Waals surface area (Å²) in [5.41, 5.74) is 2.01. The van der Waals surface area contributed by atoms with Crippen molar-refractivity contribution in [1.82, 2.24) is 19.7 Å². The van der Waals surface area contributed by atoms with Gasteiger partial charge in [0.15, 0.2) is 11.0 Å². The highest BCUT2D eigenvalue weighted by molar-refractivity contribution is 7.99. The van der Waals surface area contributed by atoms with Crippen molar-refractivity contribution in [3.63, 3.8) is 0 Å². The molecule has 0 saturated carbocycles. The summed E-state index contributed by atoms with van der Waals surface area (Å²) in [5, 5.41) is 5.54. The fourth-order valence-electron chi connectivity index (χ4n) is 3.10. The summed E-state index contributed by atoms with van der Waals surface area (Å²) >= 11 is 7.74. The zero-order valence-corrected chi connectivity index (χ0v) is 18.7. The van der Waals surface area contributed by atoms with Gasteiger partial charge in [0.2, 0.25) is 5.89 Å². The van der Waals surface area contributed by atoms with Crippen molar-refractivity contribution in [3.05, 3.63) is 75.1 Å². The van der Waals surface area contributed by atoms with E-state index in [0.717, 1.165) is 5.56 Å². The molecule has 1 atom stereocenters. The number of fused-ring (bicyclic) bond motifs is 1. The number of para-hydroxylation sites is 1. The van der Waals surface area contributed by atoms with Gasteiger partial charge in [-0.15, -0.1) is 0 Å². The van der Waals surface area contributed by atoms with Gasteiger partial charge in [-0.2, -0.15) is 4.98 Å². The molecule has 6 nitrogen and oxygen atoms in total. The van der Waals surface area contributed by atoms with Crippen LogP contribution in [0.1, 0.15) is 49.2 Å². The summed E-state index contributed by atoms with van der Waals surface area (Å²) in [6.45, 7) is 7.87. The molecule has 0 fully saturated rings. The lowest BCUT2D eigenvalue weighted by Gasteiger charge is -2.17. The Morgan fingerprint density at radius 1 is 1.07 bits per heavy atom. The van der Waals surface area contributed by atoms with Crippen molar-refractivity contribution in [1.29, 1.82) is 0 Å². The highest BCUT2D eigenvalue weighted by Crippen LogP contribution is 2.35. The van der Waals surface area contributed by atoms with Crippen LogP contribution >= 0.6 is 23.4 Å². The molecule has 30 heavy (non-hydrogen) atoms. The largest absolute Gasteiger partial charge is 0.338 e. The second-order valence-corrected chi connectivity index (χ2v) is 9.06. The summed E-state index contributed by atoms with van der Waals surface area (Å²) in [4.78, 5) is 22.7. The van der Waals surface area contributed by atoms with Gasteiger partial charge in [-0.25, -0.2) is 4.98 Å². The van der Waals surface area contributed by atoms with Crippen LogP contribution in [0.3, 0.4) is 0 Å². The molecule has 0 aliphatic rings. The summed E-state index contributed by atoms with van der Waals surface area (Å²) in [5.74, 6) is 1.33. The van der Waals surface area contributed by atoms with Gasteiger partial charge in [0.05, 0.1) is 21.8 Å². The van der Waals surface area contributed by atoms with Crippen LogP contribution in [0.15, 0.2) is 56.9 Å². The zero-order valence-electron chi connectivity index (χ0n) is 17.1. The number of thioether (sulfide) groups is 1. The van der Waals surface area contributed by atoms with E-state index in [1.807, 2.05) is 58.0 Å². The highest BCUT2D eigenvalue weighted by Gasteiger charge is 2.22. The van der Waals surface area contributed by atoms with E-state index in [1.54, 1.807) is 16.7 Å². The van der Waals surface area contributed by atoms with Gasteiger partial charge in [0, 0.05) is 10.9 Å². The Morgan fingerprint density at radius 2 is 1.83 bits per heavy atom. The Labute approximate surface area is 183 Å². The van der Waals surface area contributed by atoms with Crippen molar-refractivity contribution < 1.29 is 4.52 Å². The average molecular weight is 441 g/mol. The Hall–Kier alpha value is -2.64. The third-order valence-electron chi connectivity index (χ3n) is 4.83. The van der Waals surface area contributed by atoms with E-state index in [-0.39, 0.29) is 16.7 Å². The van der Waals surface area contributed by atoms with Crippen LogP contribution in [-0.4, -0.2) is 19.7 Å². The summed E-state index contributed by atoms with van der Waals surface area (Å²) < 4.78 is 7.06. The Balaban J connectivity index is 1.87. The lowest BCUT2D eigenvalue weighted by atomic mass is 10.2. The molecule has 0 amide bonds. The monoisotopic (exact) mass is 440 g/mol. The molecule has 0 radical (unpaired) electrons. The summed E-state index contributed by atoms with van der Waals surface area (Å²) in [7, 11) is 0. The van der Waals surface area contributed by atoms with E-state index in [4.69, 9.17) is 21.1 Å². The average Bonchev–Trinajstić information content (AvgIpc) is 3.22.